The largest absolute Gasteiger partial charge is 0.457 e. The standard InChI is InChI=1S/C92H72O16S4/c109-21-5-17-71-75-34-49-25-50-35-76-72(18-6-22-110)79-45-80-73(19-7-23-111)78-44-77(71)85-48-86(78)106-92-54-32-69-43-70(33-54)100-62-16-4-15-61(39-62)98-68-31-53-30-67(42-68)97-59-13-2-10-56(37-59)94-64-27-51-26-63(40-64)93-55-9-1-11-57(36-55)95-65-28-52(29-66(41-65)96-58-12-3-14-60(38-58)99-69)90(104-85)103-83(75)46-81(49)101-89(51)102-82(50)47-84(76)105-91(53)107-87(79)74(20-8-24-112)88(80)108-92/h1-4,9-16,26-48,71-73,89-92,109-112H,5-8,17-25H2. The van der Waals surface area contributed by atoms with Crippen molar-refractivity contribution in [3.05, 3.63) is 285 Å². The summed E-state index contributed by atoms with van der Waals surface area (Å²) in [6.07, 6.45) is 0.483. The molecule has 21 rings (SSSR count). The fourth-order valence-electron chi connectivity index (χ4n) is 16.8. The van der Waals surface area contributed by atoms with Crippen LogP contribution in [0.4, 0.5) is 0 Å². The third-order valence-electron chi connectivity index (χ3n) is 21.7. The van der Waals surface area contributed by atoms with Crippen molar-refractivity contribution < 1.29 is 75.8 Å². The van der Waals surface area contributed by atoms with Crippen molar-refractivity contribution in [2.75, 3.05) is 23.0 Å². The van der Waals surface area contributed by atoms with E-state index in [1.54, 1.807) is 0 Å². The van der Waals surface area contributed by atoms with Crippen molar-refractivity contribution in [2.24, 2.45) is 0 Å². The molecule has 12 aromatic carbocycles. The maximum Gasteiger partial charge on any atom is 0.267 e. The molecule has 0 aromatic heterocycles. The van der Waals surface area contributed by atoms with Crippen molar-refractivity contribution >= 4 is 50.5 Å². The molecule has 12 aromatic rings. The molecule has 8 aliphatic heterocycles. The predicted octanol–water partition coefficient (Wildman–Crippen LogP) is 24.5. The Morgan fingerprint density at radius 3 is 0.795 bits per heavy atom. The smallest absolute Gasteiger partial charge is 0.267 e. The molecule has 0 saturated carbocycles. The van der Waals surface area contributed by atoms with Gasteiger partial charge in [0.15, 0.2) is 0 Å². The zero-order valence-electron chi connectivity index (χ0n) is 60.3. The summed E-state index contributed by atoms with van der Waals surface area (Å²) < 4.78 is 119. The van der Waals surface area contributed by atoms with E-state index in [-0.39, 0.29) is 0 Å². The molecule has 16 nitrogen and oxygen atoms in total. The van der Waals surface area contributed by atoms with Crippen LogP contribution in [0.1, 0.15) is 160 Å². The molecular weight excluding hydrogens is 1490 g/mol. The van der Waals surface area contributed by atoms with E-state index < -0.39 is 42.9 Å². The summed E-state index contributed by atoms with van der Waals surface area (Å²) in [5.74, 6) is 12.1. The van der Waals surface area contributed by atoms with Crippen LogP contribution in [0.5, 0.6) is 138 Å². The van der Waals surface area contributed by atoms with E-state index in [1.807, 2.05) is 188 Å². The van der Waals surface area contributed by atoms with Crippen LogP contribution in [0.15, 0.2) is 212 Å². The van der Waals surface area contributed by atoms with Crippen molar-refractivity contribution in [1.29, 1.82) is 0 Å². The first-order valence-electron chi connectivity index (χ1n) is 38.0. The summed E-state index contributed by atoms with van der Waals surface area (Å²) >= 11 is 20.0. The van der Waals surface area contributed by atoms with Crippen molar-refractivity contribution in [1.82, 2.24) is 0 Å². The highest BCUT2D eigenvalue weighted by Gasteiger charge is 2.43. The molecular formula is C92H72O16S4. The van der Waals surface area contributed by atoms with Gasteiger partial charge in [-0.2, -0.15) is 50.5 Å². The summed E-state index contributed by atoms with van der Waals surface area (Å²) in [4.78, 5) is 0. The van der Waals surface area contributed by atoms with E-state index >= 15 is 0 Å². The van der Waals surface area contributed by atoms with Crippen LogP contribution < -0.4 is 75.8 Å². The topological polar surface area (TPSA) is 148 Å². The van der Waals surface area contributed by atoms with Gasteiger partial charge in [-0.3, -0.25) is 0 Å². The van der Waals surface area contributed by atoms with Crippen LogP contribution >= 0.6 is 50.5 Å². The van der Waals surface area contributed by atoms with Crippen LogP contribution in [0, 0.1) is 0 Å². The maximum absolute atomic E-state index is 8.04. The third kappa shape index (κ3) is 13.1. The zero-order chi connectivity index (χ0) is 74.7. The van der Waals surface area contributed by atoms with E-state index in [0.29, 0.717) is 241 Å². The van der Waals surface area contributed by atoms with Gasteiger partial charge < -0.3 is 75.8 Å². The van der Waals surface area contributed by atoms with Gasteiger partial charge in [0.2, 0.25) is 0 Å². The first-order valence-corrected chi connectivity index (χ1v) is 40.5. The van der Waals surface area contributed by atoms with E-state index in [2.05, 4.69) is 24.3 Å². The van der Waals surface area contributed by atoms with Crippen molar-refractivity contribution in [3.63, 3.8) is 0 Å². The lowest BCUT2D eigenvalue weighted by Crippen LogP contribution is -2.26. The summed E-state index contributed by atoms with van der Waals surface area (Å²) in [5.41, 5.74) is 10.2. The van der Waals surface area contributed by atoms with Crippen LogP contribution in [-0.2, 0) is 12.8 Å². The van der Waals surface area contributed by atoms with E-state index in [4.69, 9.17) is 126 Å². The minimum atomic E-state index is -1.25. The van der Waals surface area contributed by atoms with Gasteiger partial charge in [-0.05, 0) is 207 Å². The Kier molecular flexibility index (Phi) is 17.5. The minimum absolute atomic E-state index is 0.332. The lowest BCUT2D eigenvalue weighted by atomic mass is 9.77. The van der Waals surface area contributed by atoms with Crippen LogP contribution in [-0.4, -0.2) is 23.0 Å². The molecule has 7 atom stereocenters. The van der Waals surface area contributed by atoms with E-state index in [9.17, 15) is 0 Å². The molecule has 0 fully saturated rings. The average Bonchev–Trinajstić information content (AvgIpc) is 0.724. The highest BCUT2D eigenvalue weighted by atomic mass is 32.1. The Bertz CT molecular complexity index is 5700. The van der Waals surface area contributed by atoms with Gasteiger partial charge in [0.05, 0.1) is 0 Å². The quantitative estimate of drug-likeness (QED) is 0.0859. The van der Waals surface area contributed by atoms with Gasteiger partial charge in [-0.25, -0.2) is 0 Å². The molecule has 112 heavy (non-hydrogen) atoms. The lowest BCUT2D eigenvalue weighted by molar-refractivity contribution is -0.0128. The summed E-state index contributed by atoms with van der Waals surface area (Å²) in [6.45, 7) is 0. The monoisotopic (exact) mass is 1560 g/mol. The third-order valence-corrected chi connectivity index (χ3v) is 23.0. The summed E-state index contributed by atoms with van der Waals surface area (Å²) in [6, 6.07) is 67.8. The minimum Gasteiger partial charge on any atom is -0.457 e. The molecule has 0 amide bonds. The Morgan fingerprint density at radius 1 is 0.241 bits per heavy atom. The first kappa shape index (κ1) is 68.8. The molecule has 7 unspecified atom stereocenters. The van der Waals surface area contributed by atoms with E-state index in [0.717, 1.165) is 50.1 Å². The van der Waals surface area contributed by atoms with Crippen molar-refractivity contribution in [2.45, 2.75) is 101 Å². The number of benzene rings is 12. The number of ether oxygens (including phenoxy) is 16. The normalized spacial score (nSPS) is 19.1. The van der Waals surface area contributed by atoms with Crippen LogP contribution in [0.2, 0.25) is 0 Å². The highest BCUT2D eigenvalue weighted by Crippen LogP contribution is 2.60. The lowest BCUT2D eigenvalue weighted by Gasteiger charge is -2.38. The Labute approximate surface area is 668 Å². The molecule has 20 heteroatoms. The van der Waals surface area contributed by atoms with Gasteiger partial charge in [-0.1, -0.05) is 24.3 Å². The molecule has 0 saturated heterocycles. The predicted molar refractivity (Wildman–Crippen MR) is 434 cm³/mol. The molecule has 1 aliphatic carbocycles. The second kappa shape index (κ2) is 28.5. The van der Waals surface area contributed by atoms with Gasteiger partial charge in [0, 0.05) is 152 Å². The highest BCUT2D eigenvalue weighted by molar-refractivity contribution is 7.80. The Hall–Kier alpha value is -11.2. The molecule has 0 radical (unpaired) electrons. The van der Waals surface area contributed by atoms with Gasteiger partial charge in [0.1, 0.15) is 138 Å². The number of hydrogen-bond acceptors (Lipinski definition) is 20. The summed E-state index contributed by atoms with van der Waals surface area (Å²) in [7, 11) is 0. The first-order chi connectivity index (χ1) is 55.1. The number of hydrogen-bond donors (Lipinski definition) is 4. The Balaban J connectivity index is 0.959. The number of rotatable bonds is 12. The van der Waals surface area contributed by atoms with Gasteiger partial charge in [0.25, 0.3) is 25.2 Å². The SMILES string of the molecule is SCCCc1c2c3cc4c1OC1Oc5cc6c(cc5C4CCCS)C(CCCS)c4cc5c7cc4OC(O6)c4cc6cc(c4)Oc4cccc(c4)Oc4cc(cc1c4)Oc1cccc(c1)Oc1cc4cc(c1)C(Oc1cc(c(cc1C3CCCS)C5)OC(O7)c1cc(cc(c1)Oc1cccc(c1)O4)Oc1cccc(c1)O6)O2. The number of thiol groups is 4. The fraction of sp³-hybridized carbons (Fsp3) is 0.217. The maximum atomic E-state index is 8.04. The second-order valence-electron chi connectivity index (χ2n) is 29.3. The second-order valence-corrected chi connectivity index (χ2v) is 31.1. The molecule has 40 bridgehead atoms. The van der Waals surface area contributed by atoms with Crippen LogP contribution in [0.25, 0.3) is 0 Å². The molecule has 8 heterocycles. The zero-order valence-corrected chi connectivity index (χ0v) is 63.8. The van der Waals surface area contributed by atoms with E-state index in [1.165, 1.54) is 0 Å². The van der Waals surface area contributed by atoms with Crippen molar-refractivity contribution in [3.8, 4) is 138 Å². The molecule has 0 N–H and O–H groups in total. The summed E-state index contributed by atoms with van der Waals surface area (Å²) in [5, 5.41) is 0. The molecule has 560 valence electrons. The van der Waals surface area contributed by atoms with Gasteiger partial charge >= 0.3 is 0 Å². The number of fused-ring (bicyclic) bond motifs is 16. The molecule has 0 spiro atoms. The Morgan fingerprint density at radius 2 is 0.491 bits per heavy atom. The van der Waals surface area contributed by atoms with Crippen LogP contribution in [0.3, 0.4) is 0 Å². The average molecular weight is 1560 g/mol. The molecule has 9 aliphatic rings. The fourth-order valence-corrected chi connectivity index (χ4v) is 17.5. The van der Waals surface area contributed by atoms with Gasteiger partial charge in [-0.15, -0.1) is 0 Å².